The Bertz CT molecular complexity index is 474. The predicted molar refractivity (Wildman–Crippen MR) is 70.2 cm³/mol. The summed E-state index contributed by atoms with van der Waals surface area (Å²) in [5.41, 5.74) is 1.14. The summed E-state index contributed by atoms with van der Waals surface area (Å²) < 4.78 is 2.06. The molecule has 0 radical (unpaired) electrons. The summed E-state index contributed by atoms with van der Waals surface area (Å²) >= 11 is 1.70. The van der Waals surface area contributed by atoms with Crippen LogP contribution in [0.1, 0.15) is 29.5 Å². The van der Waals surface area contributed by atoms with Crippen LogP contribution in [0.5, 0.6) is 0 Å². The van der Waals surface area contributed by atoms with Gasteiger partial charge in [-0.25, -0.2) is 9.97 Å². The first kappa shape index (κ1) is 12.3. The molecule has 0 aliphatic rings. The first-order valence-corrected chi connectivity index (χ1v) is 6.70. The molecule has 5 heteroatoms. The molecule has 0 amide bonds. The Morgan fingerprint density at radius 1 is 1.53 bits per heavy atom. The number of rotatable bonds is 5. The van der Waals surface area contributed by atoms with Crippen LogP contribution in [0, 0.1) is 6.92 Å². The summed E-state index contributed by atoms with van der Waals surface area (Å²) in [6.45, 7) is 5.08. The van der Waals surface area contributed by atoms with Gasteiger partial charge in [0.05, 0.1) is 16.7 Å². The zero-order valence-corrected chi connectivity index (χ0v) is 11.3. The van der Waals surface area contributed by atoms with Crippen molar-refractivity contribution in [3.63, 3.8) is 0 Å². The number of hydrogen-bond acceptors (Lipinski definition) is 4. The molecule has 17 heavy (non-hydrogen) atoms. The summed E-state index contributed by atoms with van der Waals surface area (Å²) in [5, 5.41) is 6.71. The van der Waals surface area contributed by atoms with E-state index in [1.54, 1.807) is 11.3 Å². The minimum atomic E-state index is 0.237. The lowest BCUT2D eigenvalue weighted by molar-refractivity contribution is 0.503. The minimum absolute atomic E-state index is 0.237. The van der Waals surface area contributed by atoms with Gasteiger partial charge in [-0.15, -0.1) is 11.3 Å². The molecule has 2 heterocycles. The molecule has 0 bridgehead atoms. The molecule has 1 atom stereocenters. The molecule has 0 aliphatic carbocycles. The van der Waals surface area contributed by atoms with Crippen LogP contribution in [0.3, 0.4) is 0 Å². The number of likely N-dealkylation sites (N-methyl/N-ethyl adjacent to an activating group) is 1. The number of thiazole rings is 1. The molecule has 92 valence electrons. The van der Waals surface area contributed by atoms with Gasteiger partial charge in [-0.3, -0.25) is 0 Å². The van der Waals surface area contributed by atoms with Gasteiger partial charge in [0.15, 0.2) is 0 Å². The molecule has 0 aromatic carbocycles. The fraction of sp³-hybridized carbons (Fsp3) is 0.500. The van der Waals surface area contributed by atoms with E-state index in [0.717, 1.165) is 29.5 Å². The largest absolute Gasteiger partial charge is 0.337 e. The monoisotopic (exact) mass is 250 g/mol. The SMILES string of the molecule is CCNC(Cc1csc(C)n1)c1nccn1C. The summed E-state index contributed by atoms with van der Waals surface area (Å²) in [5.74, 6) is 1.07. The molecule has 0 saturated heterocycles. The second-order valence-electron chi connectivity index (χ2n) is 4.07. The third-order valence-electron chi connectivity index (χ3n) is 2.70. The van der Waals surface area contributed by atoms with E-state index in [2.05, 4.69) is 32.2 Å². The fourth-order valence-corrected chi connectivity index (χ4v) is 2.55. The number of hydrogen-bond donors (Lipinski definition) is 1. The van der Waals surface area contributed by atoms with E-state index in [9.17, 15) is 0 Å². The van der Waals surface area contributed by atoms with Crippen molar-refractivity contribution in [2.24, 2.45) is 7.05 Å². The van der Waals surface area contributed by atoms with Crippen LogP contribution < -0.4 is 5.32 Å². The zero-order valence-electron chi connectivity index (χ0n) is 10.5. The van der Waals surface area contributed by atoms with E-state index in [1.807, 2.05) is 26.4 Å². The molecule has 0 spiro atoms. The molecule has 0 fully saturated rings. The number of nitrogens with one attached hydrogen (secondary N) is 1. The van der Waals surface area contributed by atoms with Crippen molar-refractivity contribution in [2.75, 3.05) is 6.54 Å². The van der Waals surface area contributed by atoms with Crippen molar-refractivity contribution in [1.29, 1.82) is 0 Å². The molecule has 2 aromatic rings. The highest BCUT2D eigenvalue weighted by Crippen LogP contribution is 2.18. The van der Waals surface area contributed by atoms with Crippen LogP contribution in [0.15, 0.2) is 17.8 Å². The van der Waals surface area contributed by atoms with Crippen LogP contribution in [0.2, 0.25) is 0 Å². The highest BCUT2D eigenvalue weighted by Gasteiger charge is 2.16. The van der Waals surface area contributed by atoms with Gasteiger partial charge in [0.1, 0.15) is 5.82 Å². The molecule has 1 N–H and O–H groups in total. The summed E-state index contributed by atoms with van der Waals surface area (Å²) in [4.78, 5) is 8.93. The molecule has 1 unspecified atom stereocenters. The van der Waals surface area contributed by atoms with Crippen molar-refractivity contribution >= 4 is 11.3 Å². The van der Waals surface area contributed by atoms with Gasteiger partial charge in [0.25, 0.3) is 0 Å². The Morgan fingerprint density at radius 2 is 2.35 bits per heavy atom. The third-order valence-corrected chi connectivity index (χ3v) is 3.52. The highest BCUT2D eigenvalue weighted by atomic mass is 32.1. The highest BCUT2D eigenvalue weighted by molar-refractivity contribution is 7.09. The number of aryl methyl sites for hydroxylation is 2. The molecule has 2 rings (SSSR count). The van der Waals surface area contributed by atoms with Crippen molar-refractivity contribution < 1.29 is 0 Å². The van der Waals surface area contributed by atoms with Gasteiger partial charge in [-0.2, -0.15) is 0 Å². The average molecular weight is 250 g/mol. The Balaban J connectivity index is 2.15. The van der Waals surface area contributed by atoms with E-state index in [-0.39, 0.29) is 6.04 Å². The van der Waals surface area contributed by atoms with Crippen LogP contribution in [-0.2, 0) is 13.5 Å². The van der Waals surface area contributed by atoms with E-state index < -0.39 is 0 Å². The van der Waals surface area contributed by atoms with Gasteiger partial charge in [-0.1, -0.05) is 6.92 Å². The van der Waals surface area contributed by atoms with Gasteiger partial charge < -0.3 is 9.88 Å². The molecule has 0 saturated carbocycles. The maximum absolute atomic E-state index is 4.51. The van der Waals surface area contributed by atoms with E-state index >= 15 is 0 Å². The van der Waals surface area contributed by atoms with E-state index in [1.165, 1.54) is 0 Å². The van der Waals surface area contributed by atoms with Gasteiger partial charge >= 0.3 is 0 Å². The molecule has 4 nitrogen and oxygen atoms in total. The average Bonchev–Trinajstić information content (AvgIpc) is 2.87. The molecule has 0 aliphatic heterocycles. The third kappa shape index (κ3) is 2.92. The summed E-state index contributed by atoms with van der Waals surface area (Å²) in [7, 11) is 2.03. The van der Waals surface area contributed by atoms with Gasteiger partial charge in [0.2, 0.25) is 0 Å². The topological polar surface area (TPSA) is 42.7 Å². The smallest absolute Gasteiger partial charge is 0.125 e. The van der Waals surface area contributed by atoms with Crippen LogP contribution in [-0.4, -0.2) is 21.1 Å². The summed E-state index contributed by atoms with van der Waals surface area (Å²) in [6, 6.07) is 0.237. The van der Waals surface area contributed by atoms with Crippen molar-refractivity contribution in [3.8, 4) is 0 Å². The summed E-state index contributed by atoms with van der Waals surface area (Å²) in [6.07, 6.45) is 4.71. The first-order chi connectivity index (χ1) is 8.20. The molecular formula is C12H18N4S. The van der Waals surface area contributed by atoms with Crippen molar-refractivity contribution in [3.05, 3.63) is 34.3 Å². The normalized spacial score (nSPS) is 12.9. The lowest BCUT2D eigenvalue weighted by Crippen LogP contribution is -2.25. The van der Waals surface area contributed by atoms with E-state index in [4.69, 9.17) is 0 Å². The van der Waals surface area contributed by atoms with Crippen LogP contribution in [0.4, 0.5) is 0 Å². The van der Waals surface area contributed by atoms with Gasteiger partial charge in [-0.05, 0) is 13.5 Å². The minimum Gasteiger partial charge on any atom is -0.337 e. The first-order valence-electron chi connectivity index (χ1n) is 5.82. The standard InChI is InChI=1S/C12H18N4S/c1-4-13-11(12-14-5-6-16(12)3)7-10-8-17-9(2)15-10/h5-6,8,11,13H,4,7H2,1-3H3. The Morgan fingerprint density at radius 3 is 2.88 bits per heavy atom. The predicted octanol–water partition coefficient (Wildman–Crippen LogP) is 2.08. The number of nitrogens with zero attached hydrogens (tertiary/aromatic N) is 3. The fourth-order valence-electron chi connectivity index (χ4n) is 1.93. The van der Waals surface area contributed by atoms with E-state index in [0.29, 0.717) is 0 Å². The quantitative estimate of drug-likeness (QED) is 0.883. The van der Waals surface area contributed by atoms with Gasteiger partial charge in [0, 0.05) is 31.2 Å². The van der Waals surface area contributed by atoms with Crippen molar-refractivity contribution in [2.45, 2.75) is 26.3 Å². The maximum atomic E-state index is 4.51. The Labute approximate surface area is 106 Å². The number of imidazole rings is 1. The molecule has 2 aromatic heterocycles. The molecular weight excluding hydrogens is 232 g/mol. The number of aromatic nitrogens is 3. The second kappa shape index (κ2) is 5.42. The zero-order chi connectivity index (χ0) is 12.3. The lowest BCUT2D eigenvalue weighted by atomic mass is 10.1. The maximum Gasteiger partial charge on any atom is 0.125 e. The van der Waals surface area contributed by atoms with Crippen molar-refractivity contribution in [1.82, 2.24) is 19.9 Å². The van der Waals surface area contributed by atoms with Crippen LogP contribution >= 0.6 is 11.3 Å². The Hall–Kier alpha value is -1.20. The van der Waals surface area contributed by atoms with Crippen LogP contribution in [0.25, 0.3) is 0 Å². The Kier molecular flexibility index (Phi) is 3.91. The lowest BCUT2D eigenvalue weighted by Gasteiger charge is -2.16. The second-order valence-corrected chi connectivity index (χ2v) is 5.13.